The largest absolute Gasteiger partial charge is 0.468 e. The average molecular weight is 488 g/mol. The van der Waals surface area contributed by atoms with E-state index >= 15 is 0 Å². The molecule has 1 aromatic carbocycles. The number of carbonyl (C=O) groups is 2. The fourth-order valence-corrected chi connectivity index (χ4v) is 3.72. The normalized spacial score (nSPS) is 11.2. The predicted molar refractivity (Wildman–Crippen MR) is 112 cm³/mol. The lowest BCUT2D eigenvalue weighted by molar-refractivity contribution is -0.154. The van der Waals surface area contributed by atoms with Crippen molar-refractivity contribution in [1.82, 2.24) is 4.98 Å². The third-order valence-corrected chi connectivity index (χ3v) is 5.38. The lowest BCUT2D eigenvalue weighted by atomic mass is 10.2. The first-order chi connectivity index (χ1) is 15.0. The Hall–Kier alpha value is -3.18. The van der Waals surface area contributed by atoms with Gasteiger partial charge in [0.25, 0.3) is 11.8 Å². The third-order valence-electron chi connectivity index (χ3n) is 3.91. The maximum Gasteiger partial charge on any atom is 0.422 e. The van der Waals surface area contributed by atoms with Gasteiger partial charge in [0.2, 0.25) is 5.88 Å². The van der Waals surface area contributed by atoms with Crippen LogP contribution in [0, 0.1) is 12.7 Å². The summed E-state index contributed by atoms with van der Waals surface area (Å²) in [5, 5.41) is 5.49. The minimum absolute atomic E-state index is 0.0519. The number of amides is 2. The molecule has 2 N–H and O–H groups in total. The van der Waals surface area contributed by atoms with Crippen molar-refractivity contribution < 1.29 is 31.9 Å². The number of anilines is 2. The van der Waals surface area contributed by atoms with Crippen molar-refractivity contribution in [3.63, 3.8) is 0 Å². The molecule has 2 amide bonds. The SMILES string of the molecule is Cc1cc(NC(=O)c2ccc(F)cc2Cl)sc1C(=O)Nc1ccc(OCC(F)(F)F)nc1. The molecule has 12 heteroatoms. The number of halogens is 5. The predicted octanol–water partition coefficient (Wildman–Crippen LogP) is 5.69. The van der Waals surface area contributed by atoms with Crippen molar-refractivity contribution in [3.8, 4) is 5.88 Å². The number of thiophene rings is 1. The summed E-state index contributed by atoms with van der Waals surface area (Å²) >= 11 is 6.89. The van der Waals surface area contributed by atoms with Gasteiger partial charge in [-0.25, -0.2) is 9.37 Å². The van der Waals surface area contributed by atoms with Crippen molar-refractivity contribution >= 4 is 45.4 Å². The Kier molecular flexibility index (Phi) is 6.99. The van der Waals surface area contributed by atoms with Gasteiger partial charge in [0.05, 0.1) is 32.3 Å². The standard InChI is InChI=1S/C20H14ClF4N3O3S/c1-10-6-16(28-18(29)13-4-2-11(22)7-14(13)21)32-17(10)19(30)27-12-3-5-15(26-8-12)31-9-20(23,24)25/h2-8H,9H2,1H3,(H,27,30)(H,28,29). The van der Waals surface area contributed by atoms with Crippen LogP contribution in [0.2, 0.25) is 5.02 Å². The van der Waals surface area contributed by atoms with E-state index in [2.05, 4.69) is 20.4 Å². The van der Waals surface area contributed by atoms with Crippen LogP contribution >= 0.6 is 22.9 Å². The van der Waals surface area contributed by atoms with Crippen LogP contribution in [0.3, 0.4) is 0 Å². The Balaban J connectivity index is 1.65. The van der Waals surface area contributed by atoms with Crippen molar-refractivity contribution in [2.45, 2.75) is 13.1 Å². The Morgan fingerprint density at radius 3 is 2.50 bits per heavy atom. The highest BCUT2D eigenvalue weighted by molar-refractivity contribution is 7.18. The zero-order valence-corrected chi connectivity index (χ0v) is 17.8. The maximum absolute atomic E-state index is 13.2. The van der Waals surface area contributed by atoms with Gasteiger partial charge in [-0.15, -0.1) is 11.3 Å². The van der Waals surface area contributed by atoms with Gasteiger partial charge in [-0.2, -0.15) is 13.2 Å². The second-order valence-electron chi connectivity index (χ2n) is 6.44. The monoisotopic (exact) mass is 487 g/mol. The molecule has 0 fully saturated rings. The van der Waals surface area contributed by atoms with E-state index in [-0.39, 0.29) is 22.2 Å². The third kappa shape index (κ3) is 6.17. The number of nitrogens with one attached hydrogen (secondary N) is 2. The first-order valence-electron chi connectivity index (χ1n) is 8.85. The van der Waals surface area contributed by atoms with E-state index in [1.165, 1.54) is 18.2 Å². The van der Waals surface area contributed by atoms with E-state index in [9.17, 15) is 27.2 Å². The number of pyridine rings is 1. The van der Waals surface area contributed by atoms with Crippen LogP contribution in [0.4, 0.5) is 28.3 Å². The molecule has 3 aromatic rings. The van der Waals surface area contributed by atoms with Crippen LogP contribution in [0.5, 0.6) is 5.88 Å². The summed E-state index contributed by atoms with van der Waals surface area (Å²) in [5.74, 6) is -1.88. The maximum atomic E-state index is 13.2. The molecule has 6 nitrogen and oxygen atoms in total. The summed E-state index contributed by atoms with van der Waals surface area (Å²) in [7, 11) is 0. The molecule has 0 aliphatic heterocycles. The highest BCUT2D eigenvalue weighted by Crippen LogP contribution is 2.29. The molecule has 32 heavy (non-hydrogen) atoms. The smallest absolute Gasteiger partial charge is 0.422 e. The van der Waals surface area contributed by atoms with Crippen LogP contribution in [0.1, 0.15) is 25.6 Å². The molecule has 0 aliphatic carbocycles. The van der Waals surface area contributed by atoms with E-state index in [1.807, 2.05) is 0 Å². The molecular formula is C20H14ClF4N3O3S. The molecule has 0 unspecified atom stereocenters. The zero-order chi connectivity index (χ0) is 23.5. The Bertz CT molecular complexity index is 1150. The first kappa shape index (κ1) is 23.5. The quantitative estimate of drug-likeness (QED) is 0.438. The van der Waals surface area contributed by atoms with Gasteiger partial charge in [-0.1, -0.05) is 11.6 Å². The molecular weight excluding hydrogens is 474 g/mol. The van der Waals surface area contributed by atoms with Crippen molar-refractivity contribution in [2.24, 2.45) is 0 Å². The van der Waals surface area contributed by atoms with E-state index in [4.69, 9.17) is 11.6 Å². The van der Waals surface area contributed by atoms with Gasteiger partial charge >= 0.3 is 6.18 Å². The number of rotatable bonds is 6. The van der Waals surface area contributed by atoms with Gasteiger partial charge in [0.1, 0.15) is 5.82 Å². The molecule has 0 saturated carbocycles. The van der Waals surface area contributed by atoms with Gasteiger partial charge in [-0.3, -0.25) is 9.59 Å². The fourth-order valence-electron chi connectivity index (χ4n) is 2.51. The van der Waals surface area contributed by atoms with Gasteiger partial charge in [0, 0.05) is 6.07 Å². The number of carbonyl (C=O) groups excluding carboxylic acids is 2. The number of hydrogen-bond acceptors (Lipinski definition) is 5. The molecule has 2 aromatic heterocycles. The molecule has 0 saturated heterocycles. The highest BCUT2D eigenvalue weighted by Gasteiger charge is 2.28. The van der Waals surface area contributed by atoms with E-state index in [0.29, 0.717) is 15.4 Å². The summed E-state index contributed by atoms with van der Waals surface area (Å²) in [6.07, 6.45) is -3.33. The minimum Gasteiger partial charge on any atom is -0.468 e. The van der Waals surface area contributed by atoms with Crippen LogP contribution in [-0.4, -0.2) is 29.6 Å². The molecule has 0 bridgehead atoms. The van der Waals surface area contributed by atoms with Gasteiger partial charge in [-0.05, 0) is 42.8 Å². The highest BCUT2D eigenvalue weighted by atomic mass is 35.5. The zero-order valence-electron chi connectivity index (χ0n) is 16.2. The first-order valence-corrected chi connectivity index (χ1v) is 10.0. The lowest BCUT2D eigenvalue weighted by Gasteiger charge is -2.09. The lowest BCUT2D eigenvalue weighted by Crippen LogP contribution is -2.19. The summed E-state index contributed by atoms with van der Waals surface area (Å²) in [5.41, 5.74) is 0.890. The molecule has 0 radical (unpaired) electrons. The van der Waals surface area contributed by atoms with Crippen molar-refractivity contribution in [1.29, 1.82) is 0 Å². The summed E-state index contributed by atoms with van der Waals surface area (Å²) in [4.78, 5) is 28.9. The number of ether oxygens (including phenoxy) is 1. The summed E-state index contributed by atoms with van der Waals surface area (Å²) in [6, 6.07) is 7.49. The molecule has 2 heterocycles. The van der Waals surface area contributed by atoms with Crippen LogP contribution in [0.25, 0.3) is 0 Å². The van der Waals surface area contributed by atoms with Gasteiger partial charge in [0.15, 0.2) is 6.61 Å². The minimum atomic E-state index is -4.49. The van der Waals surface area contributed by atoms with E-state index in [0.717, 1.165) is 29.7 Å². The number of hydrogen-bond donors (Lipinski definition) is 2. The Morgan fingerprint density at radius 2 is 1.88 bits per heavy atom. The number of alkyl halides is 3. The van der Waals surface area contributed by atoms with Crippen molar-refractivity contribution in [3.05, 3.63) is 69.4 Å². The number of aromatic nitrogens is 1. The van der Waals surface area contributed by atoms with Crippen LogP contribution in [-0.2, 0) is 0 Å². The average Bonchev–Trinajstić information content (AvgIpc) is 3.06. The van der Waals surface area contributed by atoms with Crippen LogP contribution < -0.4 is 15.4 Å². The molecule has 168 valence electrons. The second kappa shape index (κ2) is 9.53. The van der Waals surface area contributed by atoms with E-state index < -0.39 is 30.4 Å². The number of benzene rings is 1. The molecule has 0 aliphatic rings. The Morgan fingerprint density at radius 1 is 1.12 bits per heavy atom. The van der Waals surface area contributed by atoms with Gasteiger partial charge < -0.3 is 15.4 Å². The van der Waals surface area contributed by atoms with Crippen LogP contribution in [0.15, 0.2) is 42.6 Å². The second-order valence-corrected chi connectivity index (χ2v) is 7.90. The van der Waals surface area contributed by atoms with E-state index in [1.54, 1.807) is 13.0 Å². The molecule has 0 spiro atoms. The topological polar surface area (TPSA) is 80.3 Å². The summed E-state index contributed by atoms with van der Waals surface area (Å²) in [6.45, 7) is 0.190. The van der Waals surface area contributed by atoms with Crippen molar-refractivity contribution in [2.75, 3.05) is 17.2 Å². The Labute approximate surface area is 188 Å². The number of aryl methyl sites for hydroxylation is 1. The number of nitrogens with zero attached hydrogens (tertiary/aromatic N) is 1. The molecule has 3 rings (SSSR count). The molecule has 0 atom stereocenters. The fraction of sp³-hybridized carbons (Fsp3) is 0.150. The summed E-state index contributed by atoms with van der Waals surface area (Å²) < 4.78 is 54.2.